The Morgan fingerprint density at radius 1 is 1.30 bits per heavy atom. The standard InChI is InChI=1S/C14H15ClN4O/c1-18-9-16-12(13(18)15)14-17-10-5-3-4-6-11(10)19(14)7-8-20-2/h3-6,9H,7-8H2,1-2H3. The van der Waals surface area contributed by atoms with E-state index in [0.29, 0.717) is 24.0 Å². The van der Waals surface area contributed by atoms with Crippen molar-refractivity contribution in [2.75, 3.05) is 13.7 Å². The number of imidazole rings is 2. The van der Waals surface area contributed by atoms with Crippen molar-refractivity contribution in [2.45, 2.75) is 6.54 Å². The Hall–Kier alpha value is -1.85. The number of para-hydroxylation sites is 2. The van der Waals surface area contributed by atoms with Gasteiger partial charge in [-0.3, -0.25) is 0 Å². The van der Waals surface area contributed by atoms with Crippen LogP contribution < -0.4 is 0 Å². The predicted molar refractivity (Wildman–Crippen MR) is 78.8 cm³/mol. The summed E-state index contributed by atoms with van der Waals surface area (Å²) < 4.78 is 9.05. The van der Waals surface area contributed by atoms with E-state index in [4.69, 9.17) is 16.3 Å². The largest absolute Gasteiger partial charge is 0.383 e. The molecule has 0 N–H and O–H groups in total. The molecule has 0 aliphatic rings. The summed E-state index contributed by atoms with van der Waals surface area (Å²) in [6, 6.07) is 7.99. The first-order valence-electron chi connectivity index (χ1n) is 6.33. The van der Waals surface area contributed by atoms with E-state index in [-0.39, 0.29) is 0 Å². The number of aryl methyl sites for hydroxylation is 1. The van der Waals surface area contributed by atoms with E-state index in [1.54, 1.807) is 18.0 Å². The zero-order valence-electron chi connectivity index (χ0n) is 11.4. The predicted octanol–water partition coefficient (Wildman–Crippen LogP) is 2.74. The molecule has 104 valence electrons. The minimum atomic E-state index is 0.582. The van der Waals surface area contributed by atoms with E-state index < -0.39 is 0 Å². The summed E-state index contributed by atoms with van der Waals surface area (Å²) >= 11 is 6.29. The number of hydrogen-bond donors (Lipinski definition) is 0. The maximum atomic E-state index is 6.29. The van der Waals surface area contributed by atoms with Crippen molar-refractivity contribution in [2.24, 2.45) is 7.05 Å². The lowest BCUT2D eigenvalue weighted by atomic mass is 10.3. The Morgan fingerprint density at radius 2 is 2.10 bits per heavy atom. The van der Waals surface area contributed by atoms with Crippen LogP contribution in [0.4, 0.5) is 0 Å². The van der Waals surface area contributed by atoms with Gasteiger partial charge in [0.05, 0.1) is 24.0 Å². The van der Waals surface area contributed by atoms with Gasteiger partial charge in [-0.15, -0.1) is 0 Å². The fourth-order valence-corrected chi connectivity index (χ4v) is 2.41. The third-order valence-corrected chi connectivity index (χ3v) is 3.70. The SMILES string of the molecule is COCCn1c(-c2ncn(C)c2Cl)nc2ccccc21. The summed E-state index contributed by atoms with van der Waals surface area (Å²) in [7, 11) is 3.55. The van der Waals surface area contributed by atoms with Crippen molar-refractivity contribution < 1.29 is 4.74 Å². The van der Waals surface area contributed by atoms with Gasteiger partial charge in [-0.25, -0.2) is 9.97 Å². The molecule has 5 nitrogen and oxygen atoms in total. The zero-order valence-corrected chi connectivity index (χ0v) is 12.1. The van der Waals surface area contributed by atoms with Crippen LogP contribution >= 0.6 is 11.6 Å². The lowest BCUT2D eigenvalue weighted by molar-refractivity contribution is 0.188. The maximum Gasteiger partial charge on any atom is 0.163 e. The van der Waals surface area contributed by atoms with E-state index in [1.165, 1.54) is 0 Å². The van der Waals surface area contributed by atoms with Gasteiger partial charge in [0.15, 0.2) is 5.82 Å². The highest BCUT2D eigenvalue weighted by Crippen LogP contribution is 2.28. The van der Waals surface area contributed by atoms with Crippen LogP contribution in [0.25, 0.3) is 22.6 Å². The number of halogens is 1. The fourth-order valence-electron chi connectivity index (χ4n) is 2.23. The first-order valence-corrected chi connectivity index (χ1v) is 6.71. The topological polar surface area (TPSA) is 44.9 Å². The van der Waals surface area contributed by atoms with Crippen LogP contribution in [-0.4, -0.2) is 32.8 Å². The minimum Gasteiger partial charge on any atom is -0.383 e. The second-order valence-corrected chi connectivity index (χ2v) is 4.92. The van der Waals surface area contributed by atoms with Crippen LogP contribution in [0.2, 0.25) is 5.15 Å². The number of nitrogens with zero attached hydrogens (tertiary/aromatic N) is 4. The molecule has 3 aromatic rings. The second kappa shape index (κ2) is 5.26. The second-order valence-electron chi connectivity index (χ2n) is 4.56. The van der Waals surface area contributed by atoms with Gasteiger partial charge in [0, 0.05) is 20.7 Å². The molecule has 2 aromatic heterocycles. The molecule has 0 bridgehead atoms. The molecule has 0 atom stereocenters. The van der Waals surface area contributed by atoms with Crippen molar-refractivity contribution in [3.8, 4) is 11.5 Å². The van der Waals surface area contributed by atoms with Crippen molar-refractivity contribution in [1.82, 2.24) is 19.1 Å². The number of methoxy groups -OCH3 is 1. The average molecular weight is 291 g/mol. The fraction of sp³-hybridized carbons (Fsp3) is 0.286. The van der Waals surface area contributed by atoms with Crippen LogP contribution in [-0.2, 0) is 18.3 Å². The van der Waals surface area contributed by atoms with E-state index >= 15 is 0 Å². The Kier molecular flexibility index (Phi) is 3.46. The molecular formula is C14H15ClN4O. The van der Waals surface area contributed by atoms with Gasteiger partial charge in [-0.2, -0.15) is 0 Å². The van der Waals surface area contributed by atoms with Crippen molar-refractivity contribution in [1.29, 1.82) is 0 Å². The van der Waals surface area contributed by atoms with Gasteiger partial charge in [-0.1, -0.05) is 23.7 Å². The molecule has 6 heteroatoms. The third-order valence-electron chi connectivity index (χ3n) is 3.25. The highest BCUT2D eigenvalue weighted by Gasteiger charge is 2.17. The number of benzene rings is 1. The smallest absolute Gasteiger partial charge is 0.163 e. The molecule has 0 aliphatic heterocycles. The van der Waals surface area contributed by atoms with Crippen LogP contribution in [0.1, 0.15) is 0 Å². The summed E-state index contributed by atoms with van der Waals surface area (Å²) in [6.07, 6.45) is 1.69. The summed E-state index contributed by atoms with van der Waals surface area (Å²) in [4.78, 5) is 9.01. The molecule has 0 unspecified atom stereocenters. The summed E-state index contributed by atoms with van der Waals surface area (Å²) in [5.74, 6) is 0.772. The molecule has 0 fully saturated rings. The number of rotatable bonds is 4. The lowest BCUT2D eigenvalue weighted by Gasteiger charge is -2.07. The van der Waals surface area contributed by atoms with Crippen molar-refractivity contribution in [3.05, 3.63) is 35.7 Å². The molecule has 0 radical (unpaired) electrons. The van der Waals surface area contributed by atoms with Gasteiger partial charge in [0.2, 0.25) is 0 Å². The van der Waals surface area contributed by atoms with E-state index in [1.807, 2.05) is 31.3 Å². The molecule has 20 heavy (non-hydrogen) atoms. The normalized spacial score (nSPS) is 11.3. The van der Waals surface area contributed by atoms with E-state index in [2.05, 4.69) is 14.5 Å². The highest BCUT2D eigenvalue weighted by molar-refractivity contribution is 6.32. The van der Waals surface area contributed by atoms with Crippen LogP contribution in [0.3, 0.4) is 0 Å². The van der Waals surface area contributed by atoms with Gasteiger partial charge in [-0.05, 0) is 12.1 Å². The minimum absolute atomic E-state index is 0.582. The van der Waals surface area contributed by atoms with Gasteiger partial charge in [0.1, 0.15) is 10.8 Å². The molecule has 0 amide bonds. The highest BCUT2D eigenvalue weighted by atomic mass is 35.5. The maximum absolute atomic E-state index is 6.29. The van der Waals surface area contributed by atoms with Crippen molar-refractivity contribution in [3.63, 3.8) is 0 Å². The summed E-state index contributed by atoms with van der Waals surface area (Å²) in [6.45, 7) is 1.32. The van der Waals surface area contributed by atoms with E-state index in [0.717, 1.165) is 16.9 Å². The molecule has 0 spiro atoms. The molecule has 2 heterocycles. The van der Waals surface area contributed by atoms with Crippen LogP contribution in [0.15, 0.2) is 30.6 Å². The average Bonchev–Trinajstić information content (AvgIpc) is 2.98. The number of aromatic nitrogens is 4. The molecule has 0 saturated carbocycles. The Bertz CT molecular complexity index is 747. The zero-order chi connectivity index (χ0) is 14.1. The van der Waals surface area contributed by atoms with Crippen LogP contribution in [0, 0.1) is 0 Å². The molecular weight excluding hydrogens is 276 g/mol. The monoisotopic (exact) mass is 290 g/mol. The number of fused-ring (bicyclic) bond motifs is 1. The molecule has 0 saturated heterocycles. The van der Waals surface area contributed by atoms with Crippen molar-refractivity contribution >= 4 is 22.6 Å². The quantitative estimate of drug-likeness (QED) is 0.742. The van der Waals surface area contributed by atoms with Crippen LogP contribution in [0.5, 0.6) is 0 Å². The Balaban J connectivity index is 2.20. The van der Waals surface area contributed by atoms with E-state index in [9.17, 15) is 0 Å². The Labute approximate surface area is 121 Å². The summed E-state index contributed by atoms with van der Waals surface area (Å²) in [5, 5.41) is 0.582. The number of ether oxygens (including phenoxy) is 1. The first kappa shape index (κ1) is 13.1. The van der Waals surface area contributed by atoms with Gasteiger partial charge < -0.3 is 13.9 Å². The lowest BCUT2D eigenvalue weighted by Crippen LogP contribution is -2.06. The molecule has 0 aliphatic carbocycles. The molecule has 1 aromatic carbocycles. The van der Waals surface area contributed by atoms with Gasteiger partial charge >= 0.3 is 0 Å². The third kappa shape index (κ3) is 2.09. The molecule has 3 rings (SSSR count). The number of hydrogen-bond acceptors (Lipinski definition) is 3. The Morgan fingerprint density at radius 3 is 2.80 bits per heavy atom. The summed E-state index contributed by atoms with van der Waals surface area (Å²) in [5.41, 5.74) is 2.68. The van der Waals surface area contributed by atoms with Gasteiger partial charge in [0.25, 0.3) is 0 Å². The first-order chi connectivity index (χ1) is 9.72.